The van der Waals surface area contributed by atoms with Gasteiger partial charge in [0, 0.05) is 26.3 Å². The monoisotopic (exact) mass is 282 g/mol. The minimum atomic E-state index is -4.38. The van der Waals surface area contributed by atoms with Gasteiger partial charge in [-0.3, -0.25) is 4.79 Å². The minimum absolute atomic E-state index is 0.0556. The van der Waals surface area contributed by atoms with Gasteiger partial charge < -0.3 is 15.4 Å². The van der Waals surface area contributed by atoms with Crippen molar-refractivity contribution in [2.24, 2.45) is 11.1 Å². The van der Waals surface area contributed by atoms with Crippen LogP contribution in [-0.4, -0.2) is 49.8 Å². The quantitative estimate of drug-likeness (QED) is 0.687. The van der Waals surface area contributed by atoms with Crippen LogP contribution in [0.4, 0.5) is 13.2 Å². The Kier molecular flexibility index (Phi) is 5.61. The molecule has 0 unspecified atom stereocenters. The van der Waals surface area contributed by atoms with E-state index in [1.54, 1.807) is 0 Å². The van der Waals surface area contributed by atoms with E-state index in [1.165, 1.54) is 0 Å². The third-order valence-electron chi connectivity index (χ3n) is 3.28. The van der Waals surface area contributed by atoms with Gasteiger partial charge in [-0.05, 0) is 26.2 Å². The van der Waals surface area contributed by atoms with E-state index in [0.717, 1.165) is 4.90 Å². The number of rotatable bonds is 8. The highest BCUT2D eigenvalue weighted by molar-refractivity contribution is 5.85. The van der Waals surface area contributed by atoms with Crippen molar-refractivity contribution < 1.29 is 22.7 Å². The zero-order valence-corrected chi connectivity index (χ0v) is 11.1. The lowest BCUT2D eigenvalue weighted by molar-refractivity contribution is -0.164. The molecule has 112 valence electrons. The van der Waals surface area contributed by atoms with Crippen molar-refractivity contribution in [2.45, 2.75) is 32.4 Å². The van der Waals surface area contributed by atoms with Gasteiger partial charge >= 0.3 is 6.18 Å². The second-order valence-electron chi connectivity index (χ2n) is 4.88. The van der Waals surface area contributed by atoms with E-state index in [4.69, 9.17) is 10.5 Å². The third kappa shape index (κ3) is 4.99. The van der Waals surface area contributed by atoms with Crippen molar-refractivity contribution in [3.8, 4) is 0 Å². The lowest BCUT2D eigenvalue weighted by Crippen LogP contribution is -2.45. The zero-order chi connectivity index (χ0) is 14.5. The molecule has 0 bridgehead atoms. The summed E-state index contributed by atoms with van der Waals surface area (Å²) in [6.45, 7) is 1.64. The maximum atomic E-state index is 12.5. The van der Waals surface area contributed by atoms with Crippen LogP contribution in [0, 0.1) is 5.41 Å². The summed E-state index contributed by atoms with van der Waals surface area (Å²) in [4.78, 5) is 13.0. The molecule has 1 aliphatic carbocycles. The molecular formula is C12H21F3N2O2. The predicted molar refractivity (Wildman–Crippen MR) is 64.5 cm³/mol. The molecule has 0 aliphatic heterocycles. The number of carbonyl (C=O) groups excluding carboxylic acids is 1. The molecule has 1 fully saturated rings. The molecule has 7 heteroatoms. The second kappa shape index (κ2) is 6.56. The van der Waals surface area contributed by atoms with Gasteiger partial charge in [-0.15, -0.1) is 0 Å². The van der Waals surface area contributed by atoms with Crippen LogP contribution in [0.1, 0.15) is 26.2 Å². The number of amides is 1. The highest BCUT2D eigenvalue weighted by Gasteiger charge is 2.51. The summed E-state index contributed by atoms with van der Waals surface area (Å²) in [6.07, 6.45) is -2.81. The maximum Gasteiger partial charge on any atom is 0.406 e. The average molecular weight is 282 g/mol. The molecule has 0 aromatic heterocycles. The summed E-state index contributed by atoms with van der Waals surface area (Å²) in [5.41, 5.74) is 4.75. The number of hydrogen-bond donors (Lipinski definition) is 1. The van der Waals surface area contributed by atoms with E-state index in [2.05, 4.69) is 0 Å². The third-order valence-corrected chi connectivity index (χ3v) is 3.28. The van der Waals surface area contributed by atoms with Crippen molar-refractivity contribution >= 4 is 5.91 Å². The molecule has 0 heterocycles. The molecule has 0 atom stereocenters. The molecule has 1 saturated carbocycles. The molecule has 19 heavy (non-hydrogen) atoms. The van der Waals surface area contributed by atoms with E-state index in [0.29, 0.717) is 32.5 Å². The van der Waals surface area contributed by atoms with Crippen LogP contribution in [0.25, 0.3) is 0 Å². The Morgan fingerprint density at radius 2 is 2.05 bits per heavy atom. The Labute approximate surface area is 111 Å². The first-order chi connectivity index (χ1) is 8.84. The zero-order valence-electron chi connectivity index (χ0n) is 11.1. The van der Waals surface area contributed by atoms with Gasteiger partial charge in [0.1, 0.15) is 6.54 Å². The summed E-state index contributed by atoms with van der Waals surface area (Å²) in [6, 6.07) is 0. The number of nitrogens with zero attached hydrogens (tertiary/aromatic N) is 1. The van der Waals surface area contributed by atoms with Crippen LogP contribution in [0.15, 0.2) is 0 Å². The van der Waals surface area contributed by atoms with E-state index in [-0.39, 0.29) is 13.1 Å². The molecular weight excluding hydrogens is 261 g/mol. The van der Waals surface area contributed by atoms with Gasteiger partial charge in [0.05, 0.1) is 5.41 Å². The van der Waals surface area contributed by atoms with E-state index >= 15 is 0 Å². The van der Waals surface area contributed by atoms with Gasteiger partial charge in [-0.1, -0.05) is 0 Å². The smallest absolute Gasteiger partial charge is 0.382 e. The number of carbonyl (C=O) groups is 1. The molecule has 1 amide bonds. The topological polar surface area (TPSA) is 55.6 Å². The number of halogens is 3. The SMILES string of the molecule is CCOCCCN(CC(F)(F)F)C(=O)C1(CN)CC1. The average Bonchev–Trinajstić information content (AvgIpc) is 3.11. The first kappa shape index (κ1) is 16.2. The molecule has 0 spiro atoms. The first-order valence-electron chi connectivity index (χ1n) is 6.48. The lowest BCUT2D eigenvalue weighted by atomic mass is 10.1. The normalized spacial score (nSPS) is 17.3. The van der Waals surface area contributed by atoms with Gasteiger partial charge in [0.15, 0.2) is 0 Å². The molecule has 1 rings (SSSR count). The highest BCUT2D eigenvalue weighted by atomic mass is 19.4. The van der Waals surface area contributed by atoms with Crippen molar-refractivity contribution in [1.82, 2.24) is 4.90 Å². The molecule has 0 aromatic carbocycles. The standard InChI is InChI=1S/C12H21F3N2O2/c1-2-19-7-3-6-17(9-12(13,14)15)10(18)11(8-16)4-5-11/h2-9,16H2,1H3. The van der Waals surface area contributed by atoms with Gasteiger partial charge in [-0.2, -0.15) is 13.2 Å². The fourth-order valence-electron chi connectivity index (χ4n) is 1.96. The molecule has 2 N–H and O–H groups in total. The van der Waals surface area contributed by atoms with E-state index in [9.17, 15) is 18.0 Å². The van der Waals surface area contributed by atoms with Crippen LogP contribution < -0.4 is 5.73 Å². The van der Waals surface area contributed by atoms with Crippen LogP contribution in [0.2, 0.25) is 0 Å². The van der Waals surface area contributed by atoms with E-state index < -0.39 is 24.0 Å². The van der Waals surface area contributed by atoms with Gasteiger partial charge in [0.2, 0.25) is 5.91 Å². The fraction of sp³-hybridized carbons (Fsp3) is 0.917. The number of hydrogen-bond acceptors (Lipinski definition) is 3. The first-order valence-corrected chi connectivity index (χ1v) is 6.48. The molecule has 0 saturated heterocycles. The Morgan fingerprint density at radius 1 is 1.42 bits per heavy atom. The molecule has 0 aromatic rings. The minimum Gasteiger partial charge on any atom is -0.382 e. The molecule has 1 aliphatic rings. The Hall–Kier alpha value is -0.820. The highest BCUT2D eigenvalue weighted by Crippen LogP contribution is 2.46. The predicted octanol–water partition coefficient (Wildman–Crippen LogP) is 1.54. The van der Waals surface area contributed by atoms with Crippen molar-refractivity contribution in [3.05, 3.63) is 0 Å². The molecule has 0 radical (unpaired) electrons. The number of ether oxygens (including phenoxy) is 1. The van der Waals surface area contributed by atoms with Crippen LogP contribution in [-0.2, 0) is 9.53 Å². The van der Waals surface area contributed by atoms with Crippen LogP contribution in [0.5, 0.6) is 0 Å². The van der Waals surface area contributed by atoms with Gasteiger partial charge in [-0.25, -0.2) is 0 Å². The second-order valence-corrected chi connectivity index (χ2v) is 4.88. The maximum absolute atomic E-state index is 12.5. The Bertz CT molecular complexity index is 304. The Morgan fingerprint density at radius 3 is 2.47 bits per heavy atom. The number of nitrogens with two attached hydrogens (primary N) is 1. The van der Waals surface area contributed by atoms with Crippen molar-refractivity contribution in [1.29, 1.82) is 0 Å². The van der Waals surface area contributed by atoms with Gasteiger partial charge in [0.25, 0.3) is 0 Å². The van der Waals surface area contributed by atoms with Crippen molar-refractivity contribution in [3.63, 3.8) is 0 Å². The fourth-order valence-corrected chi connectivity index (χ4v) is 1.96. The summed E-state index contributed by atoms with van der Waals surface area (Å²) in [5, 5.41) is 0. The van der Waals surface area contributed by atoms with E-state index in [1.807, 2.05) is 6.92 Å². The number of alkyl halides is 3. The summed E-state index contributed by atoms with van der Waals surface area (Å²) in [5.74, 6) is -0.469. The summed E-state index contributed by atoms with van der Waals surface area (Å²) in [7, 11) is 0. The van der Waals surface area contributed by atoms with Crippen LogP contribution in [0.3, 0.4) is 0 Å². The van der Waals surface area contributed by atoms with Crippen molar-refractivity contribution in [2.75, 3.05) is 32.8 Å². The largest absolute Gasteiger partial charge is 0.406 e. The summed E-state index contributed by atoms with van der Waals surface area (Å²) < 4.78 is 42.6. The lowest BCUT2D eigenvalue weighted by Gasteiger charge is -2.27. The van der Waals surface area contributed by atoms with Crippen LogP contribution >= 0.6 is 0 Å². The summed E-state index contributed by atoms with van der Waals surface area (Å²) >= 11 is 0. The molecule has 4 nitrogen and oxygen atoms in total. The Balaban J connectivity index is 2.56.